The molecule has 2 N–H and O–H groups in total. The first-order chi connectivity index (χ1) is 16.4. The van der Waals surface area contributed by atoms with Gasteiger partial charge in [-0.25, -0.2) is 9.78 Å². The van der Waals surface area contributed by atoms with Gasteiger partial charge in [0.05, 0.1) is 18.3 Å². The van der Waals surface area contributed by atoms with Crippen LogP contribution in [0.4, 0.5) is 4.79 Å². The number of imidazole rings is 1. The first-order valence-electron chi connectivity index (χ1n) is 11.3. The second-order valence-electron chi connectivity index (χ2n) is 8.54. The molecule has 1 aliphatic heterocycles. The molecule has 10 heteroatoms. The van der Waals surface area contributed by atoms with E-state index in [0.29, 0.717) is 29.9 Å². The number of ether oxygens (including phenoxy) is 1. The molecule has 3 aromatic heterocycles. The minimum Gasteiger partial charge on any atom is -0.494 e. The molecule has 1 fully saturated rings. The zero-order valence-corrected chi connectivity index (χ0v) is 20.2. The fourth-order valence-electron chi connectivity index (χ4n) is 4.93. The topological polar surface area (TPSA) is 102 Å². The van der Waals surface area contributed by atoms with Crippen molar-refractivity contribution in [2.45, 2.75) is 32.4 Å². The highest BCUT2D eigenvalue weighted by atomic mass is 32.1. The first kappa shape index (κ1) is 22.3. The number of carbonyl (C=O) groups is 2. The van der Waals surface area contributed by atoms with Crippen molar-refractivity contribution in [2.24, 2.45) is 7.05 Å². The molecule has 34 heavy (non-hydrogen) atoms. The molecule has 0 saturated carbocycles. The van der Waals surface area contributed by atoms with Crippen LogP contribution in [0, 0.1) is 0 Å². The Bertz CT molecular complexity index is 1400. The Hall–Kier alpha value is -3.53. The second-order valence-corrected chi connectivity index (χ2v) is 9.43. The number of rotatable bonds is 5. The first-order valence-corrected chi connectivity index (χ1v) is 12.2. The van der Waals surface area contributed by atoms with Gasteiger partial charge in [-0.2, -0.15) is 0 Å². The van der Waals surface area contributed by atoms with Gasteiger partial charge >= 0.3 is 6.09 Å². The lowest BCUT2D eigenvalue weighted by Crippen LogP contribution is -2.49. The maximum absolute atomic E-state index is 13.3. The van der Waals surface area contributed by atoms with Crippen molar-refractivity contribution in [3.05, 3.63) is 35.2 Å². The molecule has 0 aliphatic carbocycles. The number of nitrogens with one attached hydrogen (secondary N) is 1. The standard InChI is InChI=1S/C24H27N5O4S/c1-4-29-18(11-14-7-9-34-23(14)29)21-26-17-10-15(12-19(33-3)20(17)27(21)2)22(30)28-8-5-6-16(13-28)25-24(31)32/h7,9-12,16,25H,4-6,8,13H2,1-3H3,(H,31,32). The predicted molar refractivity (Wildman–Crippen MR) is 132 cm³/mol. The van der Waals surface area contributed by atoms with Crippen molar-refractivity contribution in [3.8, 4) is 17.3 Å². The highest BCUT2D eigenvalue weighted by molar-refractivity contribution is 7.16. The molecule has 5 rings (SSSR count). The van der Waals surface area contributed by atoms with Crippen LogP contribution in [-0.2, 0) is 13.6 Å². The van der Waals surface area contributed by atoms with Crippen LogP contribution < -0.4 is 10.1 Å². The number of hydrogen-bond acceptors (Lipinski definition) is 5. The van der Waals surface area contributed by atoms with E-state index in [1.807, 2.05) is 11.6 Å². The number of nitrogens with zero attached hydrogens (tertiary/aromatic N) is 4. The Labute approximate surface area is 200 Å². The van der Waals surface area contributed by atoms with E-state index >= 15 is 0 Å². The molecule has 4 heterocycles. The van der Waals surface area contributed by atoms with Gasteiger partial charge in [-0.1, -0.05) is 0 Å². The molecule has 178 valence electrons. The maximum atomic E-state index is 13.3. The van der Waals surface area contributed by atoms with Crippen LogP contribution in [0.15, 0.2) is 29.6 Å². The van der Waals surface area contributed by atoms with Gasteiger partial charge in [-0.15, -0.1) is 11.3 Å². The van der Waals surface area contributed by atoms with E-state index in [1.165, 1.54) is 10.2 Å². The number of fused-ring (bicyclic) bond motifs is 2. The van der Waals surface area contributed by atoms with E-state index in [1.54, 1.807) is 35.5 Å². The van der Waals surface area contributed by atoms with E-state index in [4.69, 9.17) is 14.8 Å². The zero-order valence-electron chi connectivity index (χ0n) is 19.4. The fraction of sp³-hybridized carbons (Fsp3) is 0.375. The Balaban J connectivity index is 1.55. The quantitative estimate of drug-likeness (QED) is 0.446. The molecule has 9 nitrogen and oxygen atoms in total. The number of piperidine rings is 1. The lowest BCUT2D eigenvalue weighted by Gasteiger charge is -2.32. The number of thiophene rings is 1. The van der Waals surface area contributed by atoms with Gasteiger partial charge in [0.2, 0.25) is 0 Å². The normalized spacial score (nSPS) is 16.3. The fourth-order valence-corrected chi connectivity index (χ4v) is 5.89. The summed E-state index contributed by atoms with van der Waals surface area (Å²) in [6.45, 7) is 3.88. The molecular weight excluding hydrogens is 454 g/mol. The third kappa shape index (κ3) is 3.67. The summed E-state index contributed by atoms with van der Waals surface area (Å²) in [5, 5.41) is 14.8. The molecule has 1 unspecified atom stereocenters. The van der Waals surface area contributed by atoms with Crippen LogP contribution >= 0.6 is 11.3 Å². The van der Waals surface area contributed by atoms with Crippen molar-refractivity contribution in [3.63, 3.8) is 0 Å². The van der Waals surface area contributed by atoms with Gasteiger partial charge in [-0.05, 0) is 49.4 Å². The smallest absolute Gasteiger partial charge is 0.404 e. The highest BCUT2D eigenvalue weighted by Gasteiger charge is 2.27. The molecule has 4 aromatic rings. The third-order valence-corrected chi connectivity index (χ3v) is 7.44. The number of methoxy groups -OCH3 is 1. The van der Waals surface area contributed by atoms with Crippen molar-refractivity contribution in [1.82, 2.24) is 24.3 Å². The van der Waals surface area contributed by atoms with Crippen molar-refractivity contribution >= 4 is 44.6 Å². The summed E-state index contributed by atoms with van der Waals surface area (Å²) in [7, 11) is 3.55. The summed E-state index contributed by atoms with van der Waals surface area (Å²) in [5.41, 5.74) is 3.02. The molecule has 1 atom stereocenters. The van der Waals surface area contributed by atoms with Crippen molar-refractivity contribution < 1.29 is 19.4 Å². The van der Waals surface area contributed by atoms with Crippen molar-refractivity contribution in [1.29, 1.82) is 0 Å². The Morgan fingerprint density at radius 3 is 2.88 bits per heavy atom. The Morgan fingerprint density at radius 2 is 2.15 bits per heavy atom. The van der Waals surface area contributed by atoms with E-state index in [-0.39, 0.29) is 11.9 Å². The summed E-state index contributed by atoms with van der Waals surface area (Å²) in [6.07, 6.45) is 0.394. The average Bonchev–Trinajstić information content (AvgIpc) is 3.50. The largest absolute Gasteiger partial charge is 0.494 e. The van der Waals surface area contributed by atoms with E-state index < -0.39 is 6.09 Å². The number of aromatic nitrogens is 3. The Kier molecular flexibility index (Phi) is 5.68. The lowest BCUT2D eigenvalue weighted by molar-refractivity contribution is 0.0692. The summed E-state index contributed by atoms with van der Waals surface area (Å²) >= 11 is 1.71. The van der Waals surface area contributed by atoms with Crippen LogP contribution in [-0.4, -0.2) is 62.4 Å². The van der Waals surface area contributed by atoms with Crippen LogP contribution in [0.5, 0.6) is 5.75 Å². The number of amides is 2. The summed E-state index contributed by atoms with van der Waals surface area (Å²) in [6, 6.07) is 7.55. The maximum Gasteiger partial charge on any atom is 0.404 e. The van der Waals surface area contributed by atoms with Crippen molar-refractivity contribution in [2.75, 3.05) is 20.2 Å². The van der Waals surface area contributed by atoms with Crippen LogP contribution in [0.25, 0.3) is 32.8 Å². The number of carboxylic acid groups (broad SMARTS) is 1. The molecule has 1 aromatic carbocycles. The number of hydrogen-bond donors (Lipinski definition) is 2. The molecule has 0 radical (unpaired) electrons. The molecular formula is C24H27N5O4S. The van der Waals surface area contributed by atoms with Gasteiger partial charge in [0.25, 0.3) is 5.91 Å². The van der Waals surface area contributed by atoms with E-state index in [9.17, 15) is 9.59 Å². The van der Waals surface area contributed by atoms with Gasteiger partial charge in [0.15, 0.2) is 5.82 Å². The summed E-state index contributed by atoms with van der Waals surface area (Å²) in [5.74, 6) is 1.24. The average molecular weight is 482 g/mol. The highest BCUT2D eigenvalue weighted by Crippen LogP contribution is 2.35. The third-order valence-electron chi connectivity index (χ3n) is 6.49. The monoisotopic (exact) mass is 481 g/mol. The van der Waals surface area contributed by atoms with Crippen LogP contribution in [0.2, 0.25) is 0 Å². The number of carbonyl (C=O) groups excluding carboxylic acids is 1. The van der Waals surface area contributed by atoms with Gasteiger partial charge in [0.1, 0.15) is 16.1 Å². The molecule has 0 spiro atoms. The second kappa shape index (κ2) is 8.68. The van der Waals surface area contributed by atoms with E-state index in [0.717, 1.165) is 36.4 Å². The van der Waals surface area contributed by atoms with E-state index in [2.05, 4.69) is 34.3 Å². The molecule has 1 saturated heterocycles. The molecule has 1 aliphatic rings. The predicted octanol–water partition coefficient (Wildman–Crippen LogP) is 4.16. The molecule has 0 bridgehead atoms. The molecule has 2 amide bonds. The minimum atomic E-state index is -1.07. The number of aryl methyl sites for hydroxylation is 2. The summed E-state index contributed by atoms with van der Waals surface area (Å²) in [4.78, 5) is 32.2. The lowest BCUT2D eigenvalue weighted by atomic mass is 10.0. The van der Waals surface area contributed by atoms with Crippen LogP contribution in [0.1, 0.15) is 30.1 Å². The zero-order chi connectivity index (χ0) is 24.0. The SMILES string of the molecule is CCn1c(-c2nc3cc(C(=O)N4CCCC(NC(=O)O)C4)cc(OC)c3n2C)cc2ccsc21. The Morgan fingerprint density at radius 1 is 1.32 bits per heavy atom. The number of benzene rings is 1. The van der Waals surface area contributed by atoms with Gasteiger partial charge in [0, 0.05) is 43.7 Å². The number of likely N-dealkylation sites (tertiary alicyclic amines) is 1. The van der Waals surface area contributed by atoms with Crippen LogP contribution in [0.3, 0.4) is 0 Å². The summed E-state index contributed by atoms with van der Waals surface area (Å²) < 4.78 is 9.95. The van der Waals surface area contributed by atoms with Gasteiger partial charge in [-0.3, -0.25) is 4.79 Å². The van der Waals surface area contributed by atoms with Gasteiger partial charge < -0.3 is 29.2 Å². The minimum absolute atomic E-state index is 0.151.